The minimum atomic E-state index is -1.19. The molecule has 1 saturated carbocycles. The van der Waals surface area contributed by atoms with Crippen molar-refractivity contribution in [3.63, 3.8) is 0 Å². The van der Waals surface area contributed by atoms with Gasteiger partial charge in [0.25, 0.3) is 0 Å². The van der Waals surface area contributed by atoms with Crippen LogP contribution in [0.1, 0.15) is 64.9 Å². The Bertz CT molecular complexity index is 905. The highest BCUT2D eigenvalue weighted by Gasteiger charge is 2.49. The molecule has 2 aliphatic carbocycles. The lowest BCUT2D eigenvalue weighted by Gasteiger charge is -2.39. The average Bonchev–Trinajstić information content (AvgIpc) is 2.50. The van der Waals surface area contributed by atoms with Crippen LogP contribution in [0.25, 0.3) is 0 Å². The van der Waals surface area contributed by atoms with E-state index >= 15 is 0 Å². The van der Waals surface area contributed by atoms with Crippen molar-refractivity contribution in [2.24, 2.45) is 16.7 Å². The van der Waals surface area contributed by atoms with Crippen LogP contribution in [-0.4, -0.2) is 27.6 Å². The molecule has 2 aliphatic rings. The molecule has 0 aliphatic heterocycles. The topological polar surface area (TPSA) is 91.7 Å². The molecule has 3 rings (SSSR count). The predicted octanol–water partition coefficient (Wildman–Crippen LogP) is 4.39. The molecule has 1 atom stereocenters. The number of carbonyl (C=O) groups is 3. The van der Waals surface area contributed by atoms with Crippen LogP contribution in [0.4, 0.5) is 4.39 Å². The molecule has 2 N–H and O–H groups in total. The minimum Gasteiger partial charge on any atom is -0.512 e. The van der Waals surface area contributed by atoms with Crippen LogP contribution in [0.5, 0.6) is 5.75 Å². The lowest BCUT2D eigenvalue weighted by molar-refractivity contribution is -0.140. The van der Waals surface area contributed by atoms with Gasteiger partial charge in [-0.05, 0) is 16.9 Å². The van der Waals surface area contributed by atoms with Crippen molar-refractivity contribution in [1.29, 1.82) is 0 Å². The largest absolute Gasteiger partial charge is 0.512 e. The number of aliphatic hydroxyl groups excluding tert-OH is 1. The van der Waals surface area contributed by atoms with Crippen LogP contribution < -0.4 is 0 Å². The monoisotopic (exact) mass is 402 g/mol. The zero-order chi connectivity index (χ0) is 21.7. The summed E-state index contributed by atoms with van der Waals surface area (Å²) in [5.74, 6) is -4.66. The van der Waals surface area contributed by atoms with Gasteiger partial charge < -0.3 is 10.2 Å². The third-order valence-corrected chi connectivity index (χ3v) is 5.87. The molecule has 0 radical (unpaired) electrons. The summed E-state index contributed by atoms with van der Waals surface area (Å²) < 4.78 is 13.6. The fourth-order valence-corrected chi connectivity index (χ4v) is 4.71. The van der Waals surface area contributed by atoms with E-state index in [2.05, 4.69) is 0 Å². The number of Topliss-reactive ketones (excluding diaryl/α,β-unsaturated/α-hetero) is 3. The Morgan fingerprint density at radius 2 is 1.48 bits per heavy atom. The number of ketones is 3. The Morgan fingerprint density at radius 3 is 2.00 bits per heavy atom. The molecule has 0 bridgehead atoms. The van der Waals surface area contributed by atoms with E-state index in [9.17, 15) is 29.0 Å². The maximum absolute atomic E-state index is 13.6. The average molecular weight is 402 g/mol. The number of allylic oxidation sites excluding steroid dienone is 2. The number of hydrogen-bond donors (Lipinski definition) is 2. The van der Waals surface area contributed by atoms with Crippen molar-refractivity contribution in [3.05, 3.63) is 40.9 Å². The smallest absolute Gasteiger partial charge is 0.163 e. The molecule has 1 fully saturated rings. The first kappa shape index (κ1) is 21.2. The number of phenolic OH excluding ortho intramolecular Hbond substituents is 1. The van der Waals surface area contributed by atoms with Gasteiger partial charge in [-0.2, -0.15) is 0 Å². The van der Waals surface area contributed by atoms with Crippen LogP contribution in [0.15, 0.2) is 29.5 Å². The molecule has 1 aromatic rings. The first-order valence-electron chi connectivity index (χ1n) is 9.80. The number of carbonyl (C=O) groups excluding carboxylic acids is 3. The number of aromatic hydroxyl groups is 1. The van der Waals surface area contributed by atoms with Crippen molar-refractivity contribution in [1.82, 2.24) is 0 Å². The third-order valence-electron chi connectivity index (χ3n) is 5.87. The van der Waals surface area contributed by atoms with E-state index in [4.69, 9.17) is 0 Å². The summed E-state index contributed by atoms with van der Waals surface area (Å²) in [6.07, 6.45) is 0.656. The van der Waals surface area contributed by atoms with Gasteiger partial charge >= 0.3 is 0 Å². The molecular weight excluding hydrogens is 375 g/mol. The molecular formula is C23H27FO5. The van der Waals surface area contributed by atoms with Gasteiger partial charge in [-0.3, -0.25) is 14.4 Å². The molecule has 0 heterocycles. The molecule has 0 saturated heterocycles. The molecule has 0 aromatic heterocycles. The first-order chi connectivity index (χ1) is 13.3. The van der Waals surface area contributed by atoms with Gasteiger partial charge in [0.2, 0.25) is 0 Å². The van der Waals surface area contributed by atoms with Gasteiger partial charge in [0.15, 0.2) is 5.78 Å². The second kappa shape index (κ2) is 7.08. The Kier molecular flexibility index (Phi) is 5.18. The Hall–Kier alpha value is -2.50. The van der Waals surface area contributed by atoms with Crippen LogP contribution in [-0.2, 0) is 14.4 Å². The number of benzene rings is 1. The Labute approximate surface area is 169 Å². The number of aliphatic hydroxyl groups is 1. The third kappa shape index (κ3) is 4.11. The van der Waals surface area contributed by atoms with Crippen molar-refractivity contribution >= 4 is 17.3 Å². The summed E-state index contributed by atoms with van der Waals surface area (Å²) in [7, 11) is 0. The van der Waals surface area contributed by atoms with E-state index in [0.717, 1.165) is 12.1 Å². The standard InChI is InChI=1S/C23H27FO5/c1-22(2)8-15(26)20(16(27)9-22)19(13-6-5-12(24)7-14(13)25)21-17(28)10-23(3,4)11-18(21)29/h5-7,19-20,25,28H,8-11H2,1-4H3/t19-/m0/s1. The normalized spacial score (nSPS) is 23.4. The molecule has 1 aromatic carbocycles. The van der Waals surface area contributed by atoms with Gasteiger partial charge in [-0.1, -0.05) is 33.8 Å². The van der Waals surface area contributed by atoms with Gasteiger partial charge in [0.1, 0.15) is 28.9 Å². The quantitative estimate of drug-likeness (QED) is 0.732. The predicted molar refractivity (Wildman–Crippen MR) is 105 cm³/mol. The Balaban J connectivity index is 2.20. The van der Waals surface area contributed by atoms with Crippen molar-refractivity contribution < 1.29 is 29.0 Å². The zero-order valence-electron chi connectivity index (χ0n) is 17.2. The fourth-order valence-electron chi connectivity index (χ4n) is 4.71. The Morgan fingerprint density at radius 1 is 0.931 bits per heavy atom. The fraction of sp³-hybridized carbons (Fsp3) is 0.522. The van der Waals surface area contributed by atoms with Crippen LogP contribution >= 0.6 is 0 Å². The zero-order valence-corrected chi connectivity index (χ0v) is 17.2. The SMILES string of the molecule is CC1(C)CC(=O)C([C@@H](C2=C(O)CC(C)(C)CC2=O)c2ccc(F)cc2O)C(=O)C1. The van der Waals surface area contributed by atoms with Crippen LogP contribution in [0.2, 0.25) is 0 Å². The van der Waals surface area contributed by atoms with Crippen molar-refractivity contribution in [2.45, 2.75) is 59.3 Å². The van der Waals surface area contributed by atoms with E-state index in [-0.39, 0.29) is 59.9 Å². The number of phenols is 1. The summed E-state index contributed by atoms with van der Waals surface area (Å²) in [6.45, 7) is 7.35. The van der Waals surface area contributed by atoms with Gasteiger partial charge in [0, 0.05) is 48.8 Å². The van der Waals surface area contributed by atoms with E-state index in [0.29, 0.717) is 0 Å². The second-order valence-corrected chi connectivity index (χ2v) is 9.91. The van der Waals surface area contributed by atoms with Gasteiger partial charge in [-0.25, -0.2) is 4.39 Å². The molecule has 0 amide bonds. The molecule has 0 spiro atoms. The van der Waals surface area contributed by atoms with Crippen LogP contribution in [0, 0.1) is 22.6 Å². The highest BCUT2D eigenvalue weighted by molar-refractivity contribution is 6.09. The second-order valence-electron chi connectivity index (χ2n) is 9.91. The van der Waals surface area contributed by atoms with E-state index in [1.165, 1.54) is 6.07 Å². The number of hydrogen-bond acceptors (Lipinski definition) is 5. The lowest BCUT2D eigenvalue weighted by Crippen LogP contribution is -2.43. The number of halogens is 1. The molecule has 5 nitrogen and oxygen atoms in total. The highest BCUT2D eigenvalue weighted by atomic mass is 19.1. The summed E-state index contributed by atoms with van der Waals surface area (Å²) >= 11 is 0. The molecule has 6 heteroatoms. The maximum Gasteiger partial charge on any atom is 0.163 e. The summed E-state index contributed by atoms with van der Waals surface area (Å²) in [5.41, 5.74) is -0.859. The van der Waals surface area contributed by atoms with E-state index < -0.39 is 34.2 Å². The summed E-state index contributed by atoms with van der Waals surface area (Å²) in [5, 5.41) is 21.1. The molecule has 29 heavy (non-hydrogen) atoms. The first-order valence-corrected chi connectivity index (χ1v) is 9.80. The van der Waals surface area contributed by atoms with E-state index in [1.54, 1.807) is 0 Å². The van der Waals surface area contributed by atoms with E-state index in [1.807, 2.05) is 27.7 Å². The minimum absolute atomic E-state index is 0.0161. The van der Waals surface area contributed by atoms with Crippen molar-refractivity contribution in [3.8, 4) is 5.75 Å². The van der Waals surface area contributed by atoms with Gasteiger partial charge in [-0.15, -0.1) is 0 Å². The molecule has 156 valence electrons. The molecule has 0 unspecified atom stereocenters. The van der Waals surface area contributed by atoms with Crippen LogP contribution in [0.3, 0.4) is 0 Å². The summed E-state index contributed by atoms with van der Waals surface area (Å²) in [6, 6.07) is 3.28. The number of rotatable bonds is 3. The summed E-state index contributed by atoms with van der Waals surface area (Å²) in [4.78, 5) is 39.0. The highest BCUT2D eigenvalue weighted by Crippen LogP contribution is 2.49. The van der Waals surface area contributed by atoms with Gasteiger partial charge in [0.05, 0.1) is 5.92 Å². The lowest BCUT2D eigenvalue weighted by atomic mass is 9.62. The van der Waals surface area contributed by atoms with Crippen molar-refractivity contribution in [2.75, 3.05) is 0 Å². The maximum atomic E-state index is 13.6.